The van der Waals surface area contributed by atoms with Crippen molar-refractivity contribution in [3.8, 4) is 0 Å². The Morgan fingerprint density at radius 2 is 1.83 bits per heavy atom. The van der Waals surface area contributed by atoms with E-state index in [0.29, 0.717) is 12.2 Å². The average molecular weight is 254 g/mol. The Hall–Kier alpha value is -0.120. The molecule has 0 spiro atoms. The Morgan fingerprint density at radius 3 is 2.61 bits per heavy atom. The van der Waals surface area contributed by atoms with Crippen molar-refractivity contribution in [1.29, 1.82) is 0 Å². The van der Waals surface area contributed by atoms with E-state index in [1.807, 2.05) is 0 Å². The van der Waals surface area contributed by atoms with E-state index in [-0.39, 0.29) is 0 Å². The molecule has 3 heteroatoms. The Morgan fingerprint density at radius 1 is 1.00 bits per heavy atom. The van der Waals surface area contributed by atoms with Crippen molar-refractivity contribution in [2.24, 2.45) is 0 Å². The molecule has 0 aromatic rings. The number of rotatable bonds is 10. The minimum absolute atomic E-state index is 0.478. The molecule has 0 amide bonds. The highest BCUT2D eigenvalue weighted by Crippen LogP contribution is 2.23. The zero-order valence-corrected chi connectivity index (χ0v) is 11.9. The number of hydrogen-bond acceptors (Lipinski definition) is 3. The van der Waals surface area contributed by atoms with E-state index in [2.05, 4.69) is 17.6 Å². The minimum atomic E-state index is 0.478. The molecular weight excluding hydrogens is 224 g/mol. The molecule has 0 bridgehead atoms. The highest BCUT2D eigenvalue weighted by molar-refractivity contribution is 4.80. The maximum absolute atomic E-state index is 6.07. The van der Waals surface area contributed by atoms with Crippen LogP contribution in [0, 0.1) is 0 Å². The summed E-state index contributed by atoms with van der Waals surface area (Å²) in [7, 11) is 0. The molecule has 2 rings (SSSR count). The van der Waals surface area contributed by atoms with E-state index in [4.69, 9.17) is 4.74 Å². The average Bonchev–Trinajstić information content (AvgIpc) is 3.09. The summed E-state index contributed by atoms with van der Waals surface area (Å²) in [6.07, 6.45) is 11.5. The summed E-state index contributed by atoms with van der Waals surface area (Å²) in [5.74, 6) is 0. The Bertz CT molecular complexity index is 219. The second-order valence-electron chi connectivity index (χ2n) is 5.89. The van der Waals surface area contributed by atoms with Crippen LogP contribution < -0.4 is 10.6 Å². The van der Waals surface area contributed by atoms with Crippen LogP contribution in [0.1, 0.15) is 58.3 Å². The molecule has 2 atom stereocenters. The van der Waals surface area contributed by atoms with E-state index in [1.54, 1.807) is 0 Å². The highest BCUT2D eigenvalue weighted by Gasteiger charge is 2.24. The van der Waals surface area contributed by atoms with E-state index in [0.717, 1.165) is 19.1 Å². The normalized spacial score (nSPS) is 27.8. The van der Waals surface area contributed by atoms with Gasteiger partial charge in [0.1, 0.15) is 0 Å². The molecule has 2 N–H and O–H groups in total. The van der Waals surface area contributed by atoms with Gasteiger partial charge in [-0.3, -0.25) is 0 Å². The van der Waals surface area contributed by atoms with Crippen LogP contribution in [0.2, 0.25) is 0 Å². The van der Waals surface area contributed by atoms with Gasteiger partial charge in [0.2, 0.25) is 0 Å². The standard InChI is InChI=1S/C15H30N2O/c1-2-10-16-12-15-9-8-14(18-15)5-3-4-11-17-13-6-7-13/h13-17H,2-12H2,1H3. The Labute approximate surface area is 112 Å². The van der Waals surface area contributed by atoms with Crippen LogP contribution in [-0.4, -0.2) is 37.9 Å². The summed E-state index contributed by atoms with van der Waals surface area (Å²) in [5, 5.41) is 7.03. The number of ether oxygens (including phenoxy) is 1. The summed E-state index contributed by atoms with van der Waals surface area (Å²) in [6.45, 7) is 5.59. The van der Waals surface area contributed by atoms with Gasteiger partial charge in [-0.15, -0.1) is 0 Å². The third-order valence-corrected chi connectivity index (χ3v) is 3.96. The maximum Gasteiger partial charge on any atom is 0.0704 e. The highest BCUT2D eigenvalue weighted by atomic mass is 16.5. The van der Waals surface area contributed by atoms with E-state index in [1.165, 1.54) is 57.9 Å². The minimum Gasteiger partial charge on any atom is -0.374 e. The summed E-state index contributed by atoms with van der Waals surface area (Å²) in [4.78, 5) is 0. The molecule has 0 radical (unpaired) electrons. The molecule has 2 unspecified atom stereocenters. The third kappa shape index (κ3) is 5.68. The smallest absolute Gasteiger partial charge is 0.0704 e. The first-order valence-corrected chi connectivity index (χ1v) is 7.98. The maximum atomic E-state index is 6.07. The summed E-state index contributed by atoms with van der Waals surface area (Å²) < 4.78 is 6.07. The number of nitrogens with one attached hydrogen (secondary N) is 2. The molecule has 2 aliphatic rings. The quantitative estimate of drug-likeness (QED) is 0.588. The van der Waals surface area contributed by atoms with E-state index in [9.17, 15) is 0 Å². The van der Waals surface area contributed by atoms with Crippen molar-refractivity contribution in [3.63, 3.8) is 0 Å². The molecule has 0 aromatic carbocycles. The van der Waals surface area contributed by atoms with Gasteiger partial charge in [-0.1, -0.05) is 6.92 Å². The lowest BCUT2D eigenvalue weighted by atomic mass is 10.1. The number of hydrogen-bond donors (Lipinski definition) is 2. The van der Waals surface area contributed by atoms with Crippen molar-refractivity contribution >= 4 is 0 Å². The Kier molecular flexibility index (Phi) is 6.46. The van der Waals surface area contributed by atoms with Crippen LogP contribution in [0.25, 0.3) is 0 Å². The van der Waals surface area contributed by atoms with Crippen molar-refractivity contribution in [3.05, 3.63) is 0 Å². The van der Waals surface area contributed by atoms with Gasteiger partial charge in [-0.2, -0.15) is 0 Å². The van der Waals surface area contributed by atoms with Gasteiger partial charge >= 0.3 is 0 Å². The summed E-state index contributed by atoms with van der Waals surface area (Å²) in [6, 6.07) is 0.863. The zero-order chi connectivity index (χ0) is 12.6. The second kappa shape index (κ2) is 8.13. The van der Waals surface area contributed by atoms with Crippen LogP contribution in [-0.2, 0) is 4.74 Å². The summed E-state index contributed by atoms with van der Waals surface area (Å²) in [5.41, 5.74) is 0. The fourth-order valence-electron chi connectivity index (χ4n) is 2.67. The largest absolute Gasteiger partial charge is 0.374 e. The first-order chi connectivity index (χ1) is 8.88. The zero-order valence-electron chi connectivity index (χ0n) is 11.9. The van der Waals surface area contributed by atoms with E-state index < -0.39 is 0 Å². The fourth-order valence-corrected chi connectivity index (χ4v) is 2.67. The third-order valence-electron chi connectivity index (χ3n) is 3.96. The van der Waals surface area contributed by atoms with Gasteiger partial charge in [0.15, 0.2) is 0 Å². The molecule has 0 aromatic heterocycles. The Balaban J connectivity index is 1.42. The van der Waals surface area contributed by atoms with Crippen LogP contribution in [0.4, 0.5) is 0 Å². The fraction of sp³-hybridized carbons (Fsp3) is 1.00. The van der Waals surface area contributed by atoms with Crippen LogP contribution in [0.5, 0.6) is 0 Å². The van der Waals surface area contributed by atoms with Gasteiger partial charge in [0, 0.05) is 12.6 Å². The van der Waals surface area contributed by atoms with Gasteiger partial charge < -0.3 is 15.4 Å². The molecule has 106 valence electrons. The predicted molar refractivity (Wildman–Crippen MR) is 75.9 cm³/mol. The van der Waals surface area contributed by atoms with Crippen LogP contribution >= 0.6 is 0 Å². The molecule has 1 aliphatic heterocycles. The second-order valence-corrected chi connectivity index (χ2v) is 5.89. The molecule has 1 saturated heterocycles. The molecule has 1 heterocycles. The molecule has 3 nitrogen and oxygen atoms in total. The SMILES string of the molecule is CCCNCC1CCC(CCCCNC2CC2)O1. The summed E-state index contributed by atoms with van der Waals surface area (Å²) >= 11 is 0. The van der Waals surface area contributed by atoms with Gasteiger partial charge in [0.05, 0.1) is 12.2 Å². The van der Waals surface area contributed by atoms with Crippen LogP contribution in [0.3, 0.4) is 0 Å². The first-order valence-electron chi connectivity index (χ1n) is 7.98. The van der Waals surface area contributed by atoms with Crippen molar-refractivity contribution in [2.45, 2.75) is 76.5 Å². The van der Waals surface area contributed by atoms with Gasteiger partial charge in [-0.25, -0.2) is 0 Å². The van der Waals surface area contributed by atoms with Crippen molar-refractivity contribution in [2.75, 3.05) is 19.6 Å². The van der Waals surface area contributed by atoms with Gasteiger partial charge in [-0.05, 0) is 64.5 Å². The molecule has 18 heavy (non-hydrogen) atoms. The molecule has 2 fully saturated rings. The number of unbranched alkanes of at least 4 members (excludes halogenated alkanes) is 1. The van der Waals surface area contributed by atoms with E-state index >= 15 is 0 Å². The molecule has 1 saturated carbocycles. The first kappa shape index (κ1) is 14.3. The van der Waals surface area contributed by atoms with Crippen molar-refractivity contribution in [1.82, 2.24) is 10.6 Å². The lowest BCUT2D eigenvalue weighted by Gasteiger charge is -2.14. The monoisotopic (exact) mass is 254 g/mol. The lowest BCUT2D eigenvalue weighted by molar-refractivity contribution is 0.0397. The van der Waals surface area contributed by atoms with Crippen molar-refractivity contribution < 1.29 is 4.74 Å². The molecule has 1 aliphatic carbocycles. The molecular formula is C15H30N2O. The lowest BCUT2D eigenvalue weighted by Crippen LogP contribution is -2.27. The van der Waals surface area contributed by atoms with Gasteiger partial charge in [0.25, 0.3) is 0 Å². The topological polar surface area (TPSA) is 33.3 Å². The predicted octanol–water partition coefficient (Wildman–Crippen LogP) is 2.46. The van der Waals surface area contributed by atoms with Crippen LogP contribution in [0.15, 0.2) is 0 Å².